The number of carbonyl (C=O) groups excluding carboxylic acids is 2. The number of nitrogens with zero attached hydrogens (tertiary/aromatic N) is 2. The molecule has 1 aliphatic heterocycles. The van der Waals surface area contributed by atoms with Gasteiger partial charge in [0.15, 0.2) is 0 Å². The maximum atomic E-state index is 12.3. The average Bonchev–Trinajstić information content (AvgIpc) is 2.55. The van der Waals surface area contributed by atoms with Crippen molar-refractivity contribution in [2.45, 2.75) is 25.8 Å². The lowest BCUT2D eigenvalue weighted by Gasteiger charge is -2.31. The summed E-state index contributed by atoms with van der Waals surface area (Å²) in [5.74, 6) is 0.413. The lowest BCUT2D eigenvalue weighted by atomic mass is 10.0. The van der Waals surface area contributed by atoms with Crippen LogP contribution in [0.4, 0.5) is 10.6 Å². The summed E-state index contributed by atoms with van der Waals surface area (Å²) >= 11 is 0. The van der Waals surface area contributed by atoms with Gasteiger partial charge in [-0.2, -0.15) is 0 Å². The summed E-state index contributed by atoms with van der Waals surface area (Å²) in [5, 5.41) is 5.91. The number of nitrogens with one attached hydrogen (secondary N) is 2. The quantitative estimate of drug-likeness (QED) is 0.880. The van der Waals surface area contributed by atoms with Crippen molar-refractivity contribution >= 4 is 17.8 Å². The van der Waals surface area contributed by atoms with E-state index in [2.05, 4.69) is 15.6 Å². The van der Waals surface area contributed by atoms with Crippen LogP contribution in [0.1, 0.15) is 30.1 Å². The standard InChI is InChI=1S/C15H22N4O3/c1-3-22-15(21)19-9-6-11(7-10-19)18-14(20)12-5-4-8-17-13(12)16-2/h4-5,8,11H,3,6-7,9-10H2,1-2H3,(H,16,17)(H,18,20). The van der Waals surface area contributed by atoms with E-state index in [4.69, 9.17) is 4.74 Å². The van der Waals surface area contributed by atoms with Gasteiger partial charge in [0.25, 0.3) is 5.91 Å². The molecule has 7 nitrogen and oxygen atoms in total. The van der Waals surface area contributed by atoms with Crippen LogP contribution in [-0.2, 0) is 4.74 Å². The van der Waals surface area contributed by atoms with Crippen molar-refractivity contribution in [1.29, 1.82) is 0 Å². The first-order chi connectivity index (χ1) is 10.7. The number of rotatable bonds is 4. The SMILES string of the molecule is CCOC(=O)N1CCC(NC(=O)c2cccnc2NC)CC1. The number of hydrogen-bond acceptors (Lipinski definition) is 5. The molecule has 0 aliphatic carbocycles. The van der Waals surface area contributed by atoms with Crippen molar-refractivity contribution in [1.82, 2.24) is 15.2 Å². The molecular formula is C15H22N4O3. The summed E-state index contributed by atoms with van der Waals surface area (Å²) in [6.07, 6.45) is 2.80. The number of pyridine rings is 1. The molecule has 1 aliphatic rings. The number of piperidine rings is 1. The first-order valence-corrected chi connectivity index (χ1v) is 7.51. The van der Waals surface area contributed by atoms with Gasteiger partial charge in [0.2, 0.25) is 0 Å². The summed E-state index contributed by atoms with van der Waals surface area (Å²) in [6, 6.07) is 3.53. The Kier molecular flexibility index (Phi) is 5.57. The van der Waals surface area contributed by atoms with Crippen molar-refractivity contribution in [3.8, 4) is 0 Å². The molecule has 0 spiro atoms. The van der Waals surface area contributed by atoms with Crippen molar-refractivity contribution in [3.63, 3.8) is 0 Å². The zero-order valence-electron chi connectivity index (χ0n) is 13.0. The molecule has 1 saturated heterocycles. The van der Waals surface area contributed by atoms with E-state index in [1.807, 2.05) is 0 Å². The molecule has 2 N–H and O–H groups in total. The maximum absolute atomic E-state index is 12.3. The molecule has 22 heavy (non-hydrogen) atoms. The Labute approximate surface area is 130 Å². The van der Waals surface area contributed by atoms with Gasteiger partial charge in [-0.05, 0) is 31.9 Å². The van der Waals surface area contributed by atoms with Gasteiger partial charge in [-0.1, -0.05) is 0 Å². The van der Waals surface area contributed by atoms with Gasteiger partial charge in [-0.15, -0.1) is 0 Å². The maximum Gasteiger partial charge on any atom is 0.409 e. The molecule has 1 aromatic heterocycles. The first kappa shape index (κ1) is 16.1. The summed E-state index contributed by atoms with van der Waals surface area (Å²) in [5.41, 5.74) is 0.526. The van der Waals surface area contributed by atoms with Crippen LogP contribution in [0.2, 0.25) is 0 Å². The molecule has 7 heteroatoms. The Hall–Kier alpha value is -2.31. The zero-order chi connectivity index (χ0) is 15.9. The van der Waals surface area contributed by atoms with Crippen molar-refractivity contribution in [2.24, 2.45) is 0 Å². The molecule has 0 bridgehead atoms. The summed E-state index contributed by atoms with van der Waals surface area (Å²) in [7, 11) is 1.73. The third-order valence-electron chi connectivity index (χ3n) is 3.65. The third kappa shape index (κ3) is 3.87. The number of anilines is 1. The predicted octanol–water partition coefficient (Wildman–Crippen LogP) is 1.47. The molecule has 0 radical (unpaired) electrons. The molecule has 0 atom stereocenters. The summed E-state index contributed by atoms with van der Waals surface area (Å²) in [4.78, 5) is 29.7. The average molecular weight is 306 g/mol. The van der Waals surface area contributed by atoms with E-state index in [0.29, 0.717) is 31.1 Å². The van der Waals surface area contributed by atoms with Gasteiger partial charge in [0.05, 0.1) is 12.2 Å². The van der Waals surface area contributed by atoms with Crippen LogP contribution in [0, 0.1) is 0 Å². The molecular weight excluding hydrogens is 284 g/mol. The van der Waals surface area contributed by atoms with E-state index in [-0.39, 0.29) is 18.0 Å². The molecule has 1 fully saturated rings. The Balaban J connectivity index is 1.88. The van der Waals surface area contributed by atoms with E-state index in [9.17, 15) is 9.59 Å². The van der Waals surface area contributed by atoms with Crippen LogP contribution in [0.15, 0.2) is 18.3 Å². The van der Waals surface area contributed by atoms with Gasteiger partial charge in [0.1, 0.15) is 5.82 Å². The Morgan fingerprint density at radius 1 is 1.41 bits per heavy atom. The second-order valence-electron chi connectivity index (χ2n) is 5.08. The normalized spacial score (nSPS) is 15.3. The van der Waals surface area contributed by atoms with E-state index >= 15 is 0 Å². The number of amides is 2. The minimum Gasteiger partial charge on any atom is -0.450 e. The van der Waals surface area contributed by atoms with E-state index in [1.54, 1.807) is 37.2 Å². The van der Waals surface area contributed by atoms with Crippen LogP contribution in [0.25, 0.3) is 0 Å². The summed E-state index contributed by atoms with van der Waals surface area (Å²) < 4.78 is 4.98. The molecule has 2 heterocycles. The lowest BCUT2D eigenvalue weighted by molar-refractivity contribution is 0.0860. The van der Waals surface area contributed by atoms with Crippen LogP contribution < -0.4 is 10.6 Å². The van der Waals surface area contributed by atoms with E-state index in [1.165, 1.54) is 0 Å². The van der Waals surface area contributed by atoms with Crippen LogP contribution in [-0.4, -0.2) is 54.7 Å². The van der Waals surface area contributed by atoms with Gasteiger partial charge in [-0.25, -0.2) is 9.78 Å². The molecule has 0 unspecified atom stereocenters. The molecule has 0 saturated carbocycles. The Morgan fingerprint density at radius 3 is 2.77 bits per heavy atom. The number of aromatic nitrogens is 1. The van der Waals surface area contributed by atoms with E-state index < -0.39 is 0 Å². The van der Waals surface area contributed by atoms with Crippen molar-refractivity contribution in [3.05, 3.63) is 23.9 Å². The largest absolute Gasteiger partial charge is 0.450 e. The highest BCUT2D eigenvalue weighted by Crippen LogP contribution is 2.14. The predicted molar refractivity (Wildman–Crippen MR) is 82.9 cm³/mol. The zero-order valence-corrected chi connectivity index (χ0v) is 13.0. The van der Waals surface area contributed by atoms with Gasteiger partial charge >= 0.3 is 6.09 Å². The molecule has 120 valence electrons. The molecule has 2 rings (SSSR count). The molecule has 0 aromatic carbocycles. The number of hydrogen-bond donors (Lipinski definition) is 2. The molecule has 1 aromatic rings. The lowest BCUT2D eigenvalue weighted by Crippen LogP contribution is -2.46. The number of likely N-dealkylation sites (tertiary alicyclic amines) is 1. The number of carbonyl (C=O) groups is 2. The topological polar surface area (TPSA) is 83.6 Å². The summed E-state index contributed by atoms with van der Waals surface area (Å²) in [6.45, 7) is 3.35. The van der Waals surface area contributed by atoms with Gasteiger partial charge < -0.3 is 20.3 Å². The highest BCUT2D eigenvalue weighted by molar-refractivity contribution is 5.98. The molecule has 2 amide bonds. The van der Waals surface area contributed by atoms with Crippen LogP contribution >= 0.6 is 0 Å². The fourth-order valence-electron chi connectivity index (χ4n) is 2.47. The third-order valence-corrected chi connectivity index (χ3v) is 3.65. The van der Waals surface area contributed by atoms with Crippen LogP contribution in [0.3, 0.4) is 0 Å². The van der Waals surface area contributed by atoms with Gasteiger partial charge in [-0.3, -0.25) is 4.79 Å². The smallest absolute Gasteiger partial charge is 0.409 e. The highest BCUT2D eigenvalue weighted by Gasteiger charge is 2.25. The van der Waals surface area contributed by atoms with Crippen molar-refractivity contribution < 1.29 is 14.3 Å². The van der Waals surface area contributed by atoms with Crippen molar-refractivity contribution in [2.75, 3.05) is 32.1 Å². The fraction of sp³-hybridized carbons (Fsp3) is 0.533. The number of ether oxygens (including phenoxy) is 1. The Morgan fingerprint density at radius 2 is 2.14 bits per heavy atom. The van der Waals surface area contributed by atoms with Crippen LogP contribution in [0.5, 0.6) is 0 Å². The monoisotopic (exact) mass is 306 g/mol. The second kappa shape index (κ2) is 7.63. The fourth-order valence-corrected chi connectivity index (χ4v) is 2.47. The highest BCUT2D eigenvalue weighted by atomic mass is 16.6. The first-order valence-electron chi connectivity index (χ1n) is 7.51. The van der Waals surface area contributed by atoms with E-state index in [0.717, 1.165) is 12.8 Å². The Bertz CT molecular complexity index is 527. The minimum absolute atomic E-state index is 0.0584. The van der Waals surface area contributed by atoms with Gasteiger partial charge in [0, 0.05) is 32.4 Å². The minimum atomic E-state index is -0.281. The second-order valence-corrected chi connectivity index (χ2v) is 5.08.